The SMILES string of the molecule is Cc1cccc(C)c1CC1(N)COc2ccccc2C1. The van der Waals surface area contributed by atoms with Crippen molar-refractivity contribution in [3.05, 3.63) is 64.7 Å². The number of benzene rings is 2. The van der Waals surface area contributed by atoms with E-state index in [1.165, 1.54) is 22.3 Å². The molecule has 1 heterocycles. The van der Waals surface area contributed by atoms with Crippen LogP contribution in [0.4, 0.5) is 0 Å². The van der Waals surface area contributed by atoms with Gasteiger partial charge in [-0.3, -0.25) is 0 Å². The van der Waals surface area contributed by atoms with E-state index in [-0.39, 0.29) is 5.54 Å². The zero-order chi connectivity index (χ0) is 14.2. The highest BCUT2D eigenvalue weighted by atomic mass is 16.5. The van der Waals surface area contributed by atoms with Gasteiger partial charge in [-0.15, -0.1) is 0 Å². The van der Waals surface area contributed by atoms with Crippen molar-refractivity contribution in [1.29, 1.82) is 0 Å². The van der Waals surface area contributed by atoms with Crippen molar-refractivity contribution in [3.8, 4) is 5.75 Å². The van der Waals surface area contributed by atoms with E-state index >= 15 is 0 Å². The molecule has 2 aromatic carbocycles. The number of ether oxygens (including phenoxy) is 1. The second-order valence-electron chi connectivity index (χ2n) is 5.98. The topological polar surface area (TPSA) is 35.2 Å². The van der Waals surface area contributed by atoms with Gasteiger partial charge in [0.05, 0.1) is 5.54 Å². The molecule has 20 heavy (non-hydrogen) atoms. The predicted octanol–water partition coefficient (Wildman–Crippen LogP) is 3.18. The lowest BCUT2D eigenvalue weighted by atomic mass is 9.82. The standard InChI is InChI=1S/C18H21NO/c1-13-6-5-7-14(2)16(13)11-18(19)10-15-8-3-4-9-17(15)20-12-18/h3-9H,10-12,19H2,1-2H3. The number of para-hydroxylation sites is 1. The molecule has 0 fully saturated rings. The third kappa shape index (κ3) is 2.44. The molecule has 104 valence electrons. The normalized spacial score (nSPS) is 21.1. The first kappa shape index (κ1) is 13.2. The molecule has 0 aromatic heterocycles. The molecule has 0 saturated carbocycles. The fourth-order valence-electron chi connectivity index (χ4n) is 3.04. The van der Waals surface area contributed by atoms with Crippen LogP contribution in [0, 0.1) is 13.8 Å². The number of fused-ring (bicyclic) bond motifs is 1. The summed E-state index contributed by atoms with van der Waals surface area (Å²) in [4.78, 5) is 0. The van der Waals surface area contributed by atoms with Crippen LogP contribution in [0.2, 0.25) is 0 Å². The summed E-state index contributed by atoms with van der Waals surface area (Å²) in [5.41, 5.74) is 11.5. The second kappa shape index (κ2) is 4.95. The Morgan fingerprint density at radius 3 is 2.50 bits per heavy atom. The summed E-state index contributed by atoms with van der Waals surface area (Å²) in [6, 6.07) is 14.6. The van der Waals surface area contributed by atoms with Crippen LogP contribution in [-0.4, -0.2) is 12.1 Å². The van der Waals surface area contributed by atoms with Crippen LogP contribution in [0.1, 0.15) is 22.3 Å². The van der Waals surface area contributed by atoms with Gasteiger partial charge in [0.2, 0.25) is 0 Å². The lowest BCUT2D eigenvalue weighted by Gasteiger charge is -2.35. The minimum Gasteiger partial charge on any atom is -0.491 e. The summed E-state index contributed by atoms with van der Waals surface area (Å²) >= 11 is 0. The third-order valence-electron chi connectivity index (χ3n) is 4.20. The smallest absolute Gasteiger partial charge is 0.122 e. The van der Waals surface area contributed by atoms with Crippen molar-refractivity contribution >= 4 is 0 Å². The Balaban J connectivity index is 1.88. The predicted molar refractivity (Wildman–Crippen MR) is 82.2 cm³/mol. The van der Waals surface area contributed by atoms with Crippen LogP contribution in [0.25, 0.3) is 0 Å². The summed E-state index contributed by atoms with van der Waals surface area (Å²) < 4.78 is 5.87. The van der Waals surface area contributed by atoms with Crippen molar-refractivity contribution in [2.75, 3.05) is 6.61 Å². The summed E-state index contributed by atoms with van der Waals surface area (Å²) in [6.07, 6.45) is 1.73. The molecule has 1 unspecified atom stereocenters. The summed E-state index contributed by atoms with van der Waals surface area (Å²) in [6.45, 7) is 4.89. The molecule has 0 bridgehead atoms. The Hall–Kier alpha value is -1.80. The highest BCUT2D eigenvalue weighted by Crippen LogP contribution is 2.31. The molecule has 0 aliphatic carbocycles. The van der Waals surface area contributed by atoms with Crippen LogP contribution in [0.5, 0.6) is 5.75 Å². The Bertz CT molecular complexity index is 615. The summed E-state index contributed by atoms with van der Waals surface area (Å²) in [7, 11) is 0. The highest BCUT2D eigenvalue weighted by Gasteiger charge is 2.32. The van der Waals surface area contributed by atoms with Gasteiger partial charge in [0.15, 0.2) is 0 Å². The molecule has 1 atom stereocenters. The van der Waals surface area contributed by atoms with E-state index in [9.17, 15) is 0 Å². The molecular formula is C18H21NO. The first-order valence-electron chi connectivity index (χ1n) is 7.12. The van der Waals surface area contributed by atoms with E-state index in [2.05, 4.69) is 38.1 Å². The molecule has 3 rings (SSSR count). The van der Waals surface area contributed by atoms with Crippen molar-refractivity contribution < 1.29 is 4.74 Å². The van der Waals surface area contributed by atoms with E-state index in [1.54, 1.807) is 0 Å². The zero-order valence-electron chi connectivity index (χ0n) is 12.1. The fraction of sp³-hybridized carbons (Fsp3) is 0.333. The quantitative estimate of drug-likeness (QED) is 0.907. The van der Waals surface area contributed by atoms with Crippen molar-refractivity contribution in [2.24, 2.45) is 5.73 Å². The Kier molecular flexibility index (Phi) is 3.27. The molecule has 1 aliphatic rings. The van der Waals surface area contributed by atoms with E-state index in [0.29, 0.717) is 6.61 Å². The number of hydrogen-bond acceptors (Lipinski definition) is 2. The van der Waals surface area contributed by atoms with Crippen LogP contribution in [0.15, 0.2) is 42.5 Å². The number of aryl methyl sites for hydroxylation is 2. The van der Waals surface area contributed by atoms with E-state index in [0.717, 1.165) is 18.6 Å². The van der Waals surface area contributed by atoms with Gasteiger partial charge in [-0.2, -0.15) is 0 Å². The summed E-state index contributed by atoms with van der Waals surface area (Å²) in [5, 5.41) is 0. The first-order chi connectivity index (χ1) is 9.57. The molecular weight excluding hydrogens is 246 g/mol. The monoisotopic (exact) mass is 267 g/mol. The van der Waals surface area contributed by atoms with Gasteiger partial charge in [-0.25, -0.2) is 0 Å². The van der Waals surface area contributed by atoms with Crippen LogP contribution in [-0.2, 0) is 12.8 Å². The summed E-state index contributed by atoms with van der Waals surface area (Å²) in [5.74, 6) is 0.982. The van der Waals surface area contributed by atoms with Gasteiger partial charge in [-0.1, -0.05) is 36.4 Å². The lowest BCUT2D eigenvalue weighted by molar-refractivity contribution is 0.189. The van der Waals surface area contributed by atoms with Crippen LogP contribution >= 0.6 is 0 Å². The van der Waals surface area contributed by atoms with Crippen LogP contribution in [0.3, 0.4) is 0 Å². The Labute approximate surface area is 120 Å². The fourth-order valence-corrected chi connectivity index (χ4v) is 3.04. The van der Waals surface area contributed by atoms with Crippen molar-refractivity contribution in [2.45, 2.75) is 32.2 Å². The average molecular weight is 267 g/mol. The maximum atomic E-state index is 6.62. The highest BCUT2D eigenvalue weighted by molar-refractivity contribution is 5.40. The van der Waals surface area contributed by atoms with Gasteiger partial charge >= 0.3 is 0 Å². The molecule has 1 aliphatic heterocycles. The number of nitrogens with two attached hydrogens (primary N) is 1. The largest absolute Gasteiger partial charge is 0.491 e. The van der Waals surface area contributed by atoms with Crippen molar-refractivity contribution in [1.82, 2.24) is 0 Å². The maximum absolute atomic E-state index is 6.62. The zero-order valence-corrected chi connectivity index (χ0v) is 12.1. The minimum atomic E-state index is -0.314. The Morgan fingerprint density at radius 2 is 1.75 bits per heavy atom. The number of hydrogen-bond donors (Lipinski definition) is 1. The second-order valence-corrected chi connectivity index (χ2v) is 5.98. The van der Waals surface area contributed by atoms with Gasteiger partial charge in [0.1, 0.15) is 12.4 Å². The molecule has 2 heteroatoms. The van der Waals surface area contributed by atoms with Crippen molar-refractivity contribution in [3.63, 3.8) is 0 Å². The van der Waals surface area contributed by atoms with Gasteiger partial charge in [0, 0.05) is 0 Å². The van der Waals surface area contributed by atoms with Gasteiger partial charge in [0.25, 0.3) is 0 Å². The van der Waals surface area contributed by atoms with Gasteiger partial charge < -0.3 is 10.5 Å². The van der Waals surface area contributed by atoms with Gasteiger partial charge in [-0.05, 0) is 55.0 Å². The first-order valence-corrected chi connectivity index (χ1v) is 7.12. The average Bonchev–Trinajstić information content (AvgIpc) is 2.43. The maximum Gasteiger partial charge on any atom is 0.122 e. The molecule has 0 saturated heterocycles. The van der Waals surface area contributed by atoms with E-state index in [1.807, 2.05) is 18.2 Å². The molecule has 2 aromatic rings. The van der Waals surface area contributed by atoms with E-state index in [4.69, 9.17) is 10.5 Å². The Morgan fingerprint density at radius 1 is 1.05 bits per heavy atom. The third-order valence-corrected chi connectivity index (χ3v) is 4.20. The molecule has 0 amide bonds. The van der Waals surface area contributed by atoms with E-state index < -0.39 is 0 Å². The molecule has 2 nitrogen and oxygen atoms in total. The molecule has 2 N–H and O–H groups in total. The minimum absolute atomic E-state index is 0.314. The number of rotatable bonds is 2. The van der Waals surface area contributed by atoms with Crippen LogP contribution < -0.4 is 10.5 Å². The molecule has 0 spiro atoms. The lowest BCUT2D eigenvalue weighted by Crippen LogP contribution is -2.52. The molecule has 0 radical (unpaired) electrons.